The SMILES string of the molecule is Nc1c(C(=O)O)c(C(=O)O)nn1-c1ccccc1. The number of benzene rings is 1. The zero-order chi connectivity index (χ0) is 13.3. The molecule has 0 spiro atoms. The Bertz CT molecular complexity index is 619. The summed E-state index contributed by atoms with van der Waals surface area (Å²) in [5, 5.41) is 21.6. The van der Waals surface area contributed by atoms with Gasteiger partial charge in [0.1, 0.15) is 11.4 Å². The number of hydrogen-bond acceptors (Lipinski definition) is 4. The van der Waals surface area contributed by atoms with Crippen molar-refractivity contribution in [2.45, 2.75) is 0 Å². The van der Waals surface area contributed by atoms with Crippen LogP contribution >= 0.6 is 0 Å². The third-order valence-electron chi connectivity index (χ3n) is 2.34. The van der Waals surface area contributed by atoms with Crippen molar-refractivity contribution in [1.82, 2.24) is 9.78 Å². The third kappa shape index (κ3) is 1.77. The first-order chi connectivity index (χ1) is 8.52. The molecule has 0 aliphatic heterocycles. The van der Waals surface area contributed by atoms with E-state index in [1.54, 1.807) is 30.3 Å². The molecule has 7 heteroatoms. The molecule has 92 valence electrons. The number of aromatic carboxylic acids is 2. The summed E-state index contributed by atoms with van der Waals surface area (Å²) in [6.45, 7) is 0. The molecule has 0 amide bonds. The maximum Gasteiger partial charge on any atom is 0.357 e. The highest BCUT2D eigenvalue weighted by Crippen LogP contribution is 2.21. The lowest BCUT2D eigenvalue weighted by molar-refractivity contribution is 0.0649. The number of carbonyl (C=O) groups is 2. The van der Waals surface area contributed by atoms with Crippen molar-refractivity contribution in [1.29, 1.82) is 0 Å². The zero-order valence-electron chi connectivity index (χ0n) is 9.07. The Morgan fingerprint density at radius 2 is 1.72 bits per heavy atom. The minimum atomic E-state index is -1.44. The summed E-state index contributed by atoms with van der Waals surface area (Å²) in [6.07, 6.45) is 0. The van der Waals surface area contributed by atoms with Crippen LogP contribution in [-0.2, 0) is 0 Å². The summed E-state index contributed by atoms with van der Waals surface area (Å²) in [7, 11) is 0. The summed E-state index contributed by atoms with van der Waals surface area (Å²) < 4.78 is 1.09. The largest absolute Gasteiger partial charge is 0.477 e. The lowest BCUT2D eigenvalue weighted by Gasteiger charge is -2.02. The highest BCUT2D eigenvalue weighted by molar-refractivity contribution is 6.04. The molecule has 0 saturated carbocycles. The van der Waals surface area contributed by atoms with E-state index in [-0.39, 0.29) is 5.82 Å². The Morgan fingerprint density at radius 1 is 1.11 bits per heavy atom. The van der Waals surface area contributed by atoms with Crippen molar-refractivity contribution in [3.05, 3.63) is 41.6 Å². The third-order valence-corrected chi connectivity index (χ3v) is 2.34. The molecule has 2 aromatic rings. The number of nitrogen functional groups attached to an aromatic ring is 1. The van der Waals surface area contributed by atoms with Crippen LogP contribution in [0.5, 0.6) is 0 Å². The van der Waals surface area contributed by atoms with Crippen molar-refractivity contribution in [3.63, 3.8) is 0 Å². The van der Waals surface area contributed by atoms with Gasteiger partial charge in [0.05, 0.1) is 5.69 Å². The zero-order valence-corrected chi connectivity index (χ0v) is 9.07. The van der Waals surface area contributed by atoms with Gasteiger partial charge >= 0.3 is 11.9 Å². The highest BCUT2D eigenvalue weighted by atomic mass is 16.4. The second kappa shape index (κ2) is 4.21. The number of anilines is 1. The van der Waals surface area contributed by atoms with E-state index >= 15 is 0 Å². The Kier molecular flexibility index (Phi) is 2.72. The first-order valence-corrected chi connectivity index (χ1v) is 4.93. The fourth-order valence-electron chi connectivity index (χ4n) is 1.56. The molecule has 7 nitrogen and oxygen atoms in total. The van der Waals surface area contributed by atoms with E-state index in [0.29, 0.717) is 5.69 Å². The number of nitrogens with zero attached hydrogens (tertiary/aromatic N) is 2. The van der Waals surface area contributed by atoms with Gasteiger partial charge in [-0.05, 0) is 12.1 Å². The molecule has 4 N–H and O–H groups in total. The van der Waals surface area contributed by atoms with Gasteiger partial charge in [0.2, 0.25) is 0 Å². The van der Waals surface area contributed by atoms with Gasteiger partial charge in [0, 0.05) is 0 Å². The van der Waals surface area contributed by atoms with Crippen molar-refractivity contribution >= 4 is 17.8 Å². The molecule has 0 bridgehead atoms. The minimum Gasteiger partial charge on any atom is -0.477 e. The predicted molar refractivity (Wildman–Crippen MR) is 61.9 cm³/mol. The Hall–Kier alpha value is -2.83. The average molecular weight is 247 g/mol. The van der Waals surface area contributed by atoms with Crippen LogP contribution in [0.1, 0.15) is 20.8 Å². The molecule has 0 radical (unpaired) electrons. The highest BCUT2D eigenvalue weighted by Gasteiger charge is 2.26. The van der Waals surface area contributed by atoms with Gasteiger partial charge in [0.25, 0.3) is 0 Å². The number of para-hydroxylation sites is 1. The van der Waals surface area contributed by atoms with E-state index in [9.17, 15) is 9.59 Å². The smallest absolute Gasteiger partial charge is 0.357 e. The quantitative estimate of drug-likeness (QED) is 0.739. The molecule has 0 atom stereocenters. The molecule has 0 aliphatic rings. The summed E-state index contributed by atoms with van der Waals surface area (Å²) in [5.41, 5.74) is 5.03. The van der Waals surface area contributed by atoms with Crippen LogP contribution in [0.4, 0.5) is 5.82 Å². The summed E-state index contributed by atoms with van der Waals surface area (Å²) in [6, 6.07) is 8.45. The molecule has 1 aromatic heterocycles. The van der Waals surface area contributed by atoms with Gasteiger partial charge in [-0.25, -0.2) is 14.3 Å². The van der Waals surface area contributed by atoms with Gasteiger partial charge in [-0.15, -0.1) is 0 Å². The molecular weight excluding hydrogens is 238 g/mol. The van der Waals surface area contributed by atoms with Crippen LogP contribution in [0.25, 0.3) is 5.69 Å². The van der Waals surface area contributed by atoms with Crippen LogP contribution in [0.15, 0.2) is 30.3 Å². The normalized spacial score (nSPS) is 10.2. The topological polar surface area (TPSA) is 118 Å². The van der Waals surface area contributed by atoms with E-state index in [1.807, 2.05) is 0 Å². The van der Waals surface area contributed by atoms with Gasteiger partial charge in [-0.3, -0.25) is 0 Å². The van der Waals surface area contributed by atoms with E-state index in [0.717, 1.165) is 4.68 Å². The van der Waals surface area contributed by atoms with Crippen LogP contribution in [0, 0.1) is 0 Å². The monoisotopic (exact) mass is 247 g/mol. The first-order valence-electron chi connectivity index (χ1n) is 4.93. The van der Waals surface area contributed by atoms with Crippen molar-refractivity contribution in [3.8, 4) is 5.69 Å². The number of aromatic nitrogens is 2. The van der Waals surface area contributed by atoms with Crippen LogP contribution in [-0.4, -0.2) is 31.9 Å². The average Bonchev–Trinajstić information content (AvgIpc) is 2.68. The van der Waals surface area contributed by atoms with E-state index in [2.05, 4.69) is 5.10 Å². The molecule has 18 heavy (non-hydrogen) atoms. The van der Waals surface area contributed by atoms with Crippen molar-refractivity contribution < 1.29 is 19.8 Å². The molecule has 0 saturated heterocycles. The lowest BCUT2D eigenvalue weighted by atomic mass is 10.2. The molecular formula is C11H9N3O4. The van der Waals surface area contributed by atoms with Crippen LogP contribution in [0.3, 0.4) is 0 Å². The van der Waals surface area contributed by atoms with E-state index < -0.39 is 23.2 Å². The van der Waals surface area contributed by atoms with Crippen LogP contribution in [0.2, 0.25) is 0 Å². The maximum absolute atomic E-state index is 11.0. The van der Waals surface area contributed by atoms with Crippen LogP contribution < -0.4 is 5.73 Å². The predicted octanol–water partition coefficient (Wildman–Crippen LogP) is 0.851. The minimum absolute atomic E-state index is 0.217. The van der Waals surface area contributed by atoms with Gasteiger partial charge in [-0.1, -0.05) is 18.2 Å². The summed E-state index contributed by atoms with van der Waals surface area (Å²) in [5.74, 6) is -3.08. The Balaban J connectivity index is 2.68. The maximum atomic E-state index is 11.0. The molecule has 1 heterocycles. The summed E-state index contributed by atoms with van der Waals surface area (Å²) >= 11 is 0. The lowest BCUT2D eigenvalue weighted by Crippen LogP contribution is -2.08. The second-order valence-electron chi connectivity index (χ2n) is 3.47. The molecule has 1 aromatic carbocycles. The number of rotatable bonds is 3. The first kappa shape index (κ1) is 11.6. The van der Waals surface area contributed by atoms with E-state index in [4.69, 9.17) is 15.9 Å². The molecule has 0 fully saturated rings. The molecule has 0 unspecified atom stereocenters. The van der Waals surface area contributed by atoms with Gasteiger partial charge in [-0.2, -0.15) is 5.10 Å². The van der Waals surface area contributed by atoms with Crippen molar-refractivity contribution in [2.24, 2.45) is 0 Å². The molecule has 0 aliphatic carbocycles. The fourth-order valence-corrected chi connectivity index (χ4v) is 1.56. The number of hydrogen-bond donors (Lipinski definition) is 3. The van der Waals surface area contributed by atoms with E-state index in [1.165, 1.54) is 0 Å². The van der Waals surface area contributed by atoms with Crippen molar-refractivity contribution in [2.75, 3.05) is 5.73 Å². The Labute approximate surface area is 101 Å². The summed E-state index contributed by atoms with van der Waals surface area (Å²) in [4.78, 5) is 21.9. The fraction of sp³-hybridized carbons (Fsp3) is 0. The Morgan fingerprint density at radius 3 is 2.17 bits per heavy atom. The number of nitrogens with two attached hydrogens (primary N) is 1. The molecule has 2 rings (SSSR count). The standard InChI is InChI=1S/C11H9N3O4/c12-9-7(10(15)16)8(11(17)18)13-14(9)6-4-2-1-3-5-6/h1-5H,12H2,(H,15,16)(H,17,18). The number of carboxylic acids is 2. The van der Waals surface area contributed by atoms with Gasteiger partial charge in [0.15, 0.2) is 5.69 Å². The number of carboxylic acid groups (broad SMARTS) is 2. The second-order valence-corrected chi connectivity index (χ2v) is 3.47. The van der Waals surface area contributed by atoms with Gasteiger partial charge < -0.3 is 15.9 Å².